The van der Waals surface area contributed by atoms with Crippen LogP contribution in [0.15, 0.2) is 30.3 Å². The van der Waals surface area contributed by atoms with Gasteiger partial charge in [0.15, 0.2) is 0 Å². The van der Waals surface area contributed by atoms with Crippen molar-refractivity contribution < 1.29 is 4.74 Å². The van der Waals surface area contributed by atoms with E-state index in [2.05, 4.69) is 34.6 Å². The van der Waals surface area contributed by atoms with Crippen LogP contribution in [0.5, 0.6) is 5.75 Å². The Bertz CT molecular complexity index is 567. The fraction of sp³-hybridized carbons (Fsp3) is 0.412. The van der Waals surface area contributed by atoms with E-state index >= 15 is 0 Å². The highest BCUT2D eigenvalue weighted by Crippen LogP contribution is 2.12. The number of nitrogens with one attached hydrogen (secondary N) is 1. The number of aromatic nitrogens is 2. The van der Waals surface area contributed by atoms with E-state index in [1.807, 2.05) is 32.0 Å². The monoisotopic (exact) mass is 285 g/mol. The summed E-state index contributed by atoms with van der Waals surface area (Å²) in [5.74, 6) is 1.78. The largest absolute Gasteiger partial charge is 0.494 e. The van der Waals surface area contributed by atoms with Gasteiger partial charge < -0.3 is 10.1 Å². The Morgan fingerprint density at radius 1 is 1.00 bits per heavy atom. The van der Waals surface area contributed by atoms with Crippen LogP contribution in [-0.2, 0) is 0 Å². The van der Waals surface area contributed by atoms with Gasteiger partial charge in [0.05, 0.1) is 12.3 Å². The first-order valence-corrected chi connectivity index (χ1v) is 7.39. The molecular weight excluding hydrogens is 262 g/mol. The summed E-state index contributed by atoms with van der Waals surface area (Å²) in [5, 5.41) is 11.5. The van der Waals surface area contributed by atoms with Gasteiger partial charge in [-0.3, -0.25) is 0 Å². The van der Waals surface area contributed by atoms with Gasteiger partial charge in [-0.2, -0.15) is 5.10 Å². The van der Waals surface area contributed by atoms with Crippen molar-refractivity contribution in [1.29, 1.82) is 0 Å². The number of hydrogen-bond donors (Lipinski definition) is 1. The van der Waals surface area contributed by atoms with E-state index in [0.717, 1.165) is 48.8 Å². The van der Waals surface area contributed by atoms with E-state index in [1.165, 1.54) is 5.56 Å². The zero-order chi connectivity index (χ0) is 15.1. The Labute approximate surface area is 126 Å². The first-order chi connectivity index (χ1) is 10.1. The van der Waals surface area contributed by atoms with Crippen LogP contribution in [0.4, 0.5) is 5.82 Å². The molecule has 2 aromatic rings. The molecule has 0 radical (unpaired) electrons. The smallest absolute Gasteiger partial charge is 0.148 e. The maximum atomic E-state index is 5.69. The Hall–Kier alpha value is -2.10. The number of rotatable bonds is 7. The predicted molar refractivity (Wildman–Crippen MR) is 85.9 cm³/mol. The molecule has 1 heterocycles. The van der Waals surface area contributed by atoms with Gasteiger partial charge in [0.1, 0.15) is 11.6 Å². The molecule has 0 unspecified atom stereocenters. The highest BCUT2D eigenvalue weighted by atomic mass is 16.5. The standard InChI is InChI=1S/C17H23N3O/c1-13-6-8-16(9-7-13)21-11-5-4-10-18-17-12-14(2)15(3)19-20-17/h6-9,12H,4-5,10-11H2,1-3H3,(H,18,20). The van der Waals surface area contributed by atoms with Crippen molar-refractivity contribution in [1.82, 2.24) is 10.2 Å². The number of ether oxygens (including phenoxy) is 1. The molecule has 0 amide bonds. The fourth-order valence-electron chi connectivity index (χ4n) is 1.90. The zero-order valence-corrected chi connectivity index (χ0v) is 13.0. The summed E-state index contributed by atoms with van der Waals surface area (Å²) in [5.41, 5.74) is 3.39. The Balaban J connectivity index is 1.61. The van der Waals surface area contributed by atoms with E-state index in [9.17, 15) is 0 Å². The van der Waals surface area contributed by atoms with Gasteiger partial charge in [0, 0.05) is 6.54 Å². The second-order valence-electron chi connectivity index (χ2n) is 5.29. The van der Waals surface area contributed by atoms with E-state index < -0.39 is 0 Å². The maximum Gasteiger partial charge on any atom is 0.148 e. The Kier molecular flexibility index (Phi) is 5.55. The van der Waals surface area contributed by atoms with E-state index in [-0.39, 0.29) is 0 Å². The summed E-state index contributed by atoms with van der Waals surface area (Å²) in [4.78, 5) is 0. The normalized spacial score (nSPS) is 10.4. The van der Waals surface area contributed by atoms with Crippen LogP contribution >= 0.6 is 0 Å². The van der Waals surface area contributed by atoms with E-state index in [4.69, 9.17) is 4.74 Å². The van der Waals surface area contributed by atoms with Crippen molar-refractivity contribution in [3.8, 4) is 5.75 Å². The Morgan fingerprint density at radius 3 is 2.48 bits per heavy atom. The molecule has 0 bridgehead atoms. The molecule has 4 heteroatoms. The lowest BCUT2D eigenvalue weighted by Gasteiger charge is -2.08. The van der Waals surface area contributed by atoms with Crippen LogP contribution in [0, 0.1) is 20.8 Å². The third-order valence-electron chi connectivity index (χ3n) is 3.40. The third-order valence-corrected chi connectivity index (χ3v) is 3.40. The Morgan fingerprint density at radius 2 is 1.76 bits per heavy atom. The summed E-state index contributed by atoms with van der Waals surface area (Å²) >= 11 is 0. The van der Waals surface area contributed by atoms with Crippen molar-refractivity contribution >= 4 is 5.82 Å². The van der Waals surface area contributed by atoms with Crippen molar-refractivity contribution in [3.05, 3.63) is 47.2 Å². The first kappa shape index (κ1) is 15.3. The number of benzene rings is 1. The van der Waals surface area contributed by atoms with Crippen LogP contribution in [0.1, 0.15) is 29.7 Å². The molecule has 0 atom stereocenters. The van der Waals surface area contributed by atoms with E-state index in [0.29, 0.717) is 0 Å². The van der Waals surface area contributed by atoms with Gasteiger partial charge in [-0.05, 0) is 57.4 Å². The van der Waals surface area contributed by atoms with Crippen molar-refractivity contribution in [2.45, 2.75) is 33.6 Å². The molecule has 4 nitrogen and oxygen atoms in total. The van der Waals surface area contributed by atoms with Gasteiger partial charge in [-0.15, -0.1) is 5.10 Å². The molecule has 1 N–H and O–H groups in total. The molecule has 1 aromatic heterocycles. The highest BCUT2D eigenvalue weighted by Gasteiger charge is 1.99. The number of anilines is 1. The fourth-order valence-corrected chi connectivity index (χ4v) is 1.90. The van der Waals surface area contributed by atoms with Gasteiger partial charge >= 0.3 is 0 Å². The quantitative estimate of drug-likeness (QED) is 0.788. The molecule has 0 saturated carbocycles. The number of hydrogen-bond acceptors (Lipinski definition) is 4. The number of nitrogens with zero attached hydrogens (tertiary/aromatic N) is 2. The average molecular weight is 285 g/mol. The van der Waals surface area contributed by atoms with Crippen molar-refractivity contribution in [2.24, 2.45) is 0 Å². The predicted octanol–water partition coefficient (Wildman–Crippen LogP) is 3.67. The molecule has 0 saturated heterocycles. The minimum atomic E-state index is 0.739. The maximum absolute atomic E-state index is 5.69. The summed E-state index contributed by atoms with van der Waals surface area (Å²) in [6.07, 6.45) is 2.06. The van der Waals surface area contributed by atoms with Crippen LogP contribution < -0.4 is 10.1 Å². The van der Waals surface area contributed by atoms with Crippen LogP contribution in [-0.4, -0.2) is 23.3 Å². The van der Waals surface area contributed by atoms with Crippen molar-refractivity contribution in [3.63, 3.8) is 0 Å². The molecule has 0 aliphatic carbocycles. The van der Waals surface area contributed by atoms with Crippen LogP contribution in [0.25, 0.3) is 0 Å². The topological polar surface area (TPSA) is 47.0 Å². The van der Waals surface area contributed by atoms with Gasteiger partial charge in [0.2, 0.25) is 0 Å². The minimum Gasteiger partial charge on any atom is -0.494 e. The molecule has 112 valence electrons. The molecule has 0 aliphatic heterocycles. The molecule has 21 heavy (non-hydrogen) atoms. The molecular formula is C17H23N3O. The lowest BCUT2D eigenvalue weighted by Crippen LogP contribution is -2.07. The van der Waals surface area contributed by atoms with Crippen molar-refractivity contribution in [2.75, 3.05) is 18.5 Å². The zero-order valence-electron chi connectivity index (χ0n) is 13.0. The molecule has 1 aromatic carbocycles. The molecule has 0 fully saturated rings. The summed E-state index contributed by atoms with van der Waals surface area (Å²) < 4.78 is 5.69. The minimum absolute atomic E-state index is 0.739. The second-order valence-corrected chi connectivity index (χ2v) is 5.29. The molecule has 2 rings (SSSR count). The summed E-state index contributed by atoms with van der Waals surface area (Å²) in [6, 6.07) is 10.2. The highest BCUT2D eigenvalue weighted by molar-refractivity contribution is 5.37. The summed E-state index contributed by atoms with van der Waals surface area (Å²) in [6.45, 7) is 7.71. The molecule has 0 spiro atoms. The van der Waals surface area contributed by atoms with Crippen LogP contribution in [0.2, 0.25) is 0 Å². The number of unbranched alkanes of at least 4 members (excludes halogenated alkanes) is 1. The summed E-state index contributed by atoms with van der Waals surface area (Å²) in [7, 11) is 0. The lowest BCUT2D eigenvalue weighted by atomic mass is 10.2. The lowest BCUT2D eigenvalue weighted by molar-refractivity contribution is 0.308. The second kappa shape index (κ2) is 7.62. The average Bonchev–Trinajstić information content (AvgIpc) is 2.48. The first-order valence-electron chi connectivity index (χ1n) is 7.39. The van der Waals surface area contributed by atoms with E-state index in [1.54, 1.807) is 0 Å². The van der Waals surface area contributed by atoms with Gasteiger partial charge in [-0.1, -0.05) is 17.7 Å². The molecule has 0 aliphatic rings. The third kappa shape index (κ3) is 5.06. The number of aryl methyl sites for hydroxylation is 3. The SMILES string of the molecule is Cc1ccc(OCCCCNc2cc(C)c(C)nn2)cc1. The van der Waals surface area contributed by atoms with Crippen LogP contribution in [0.3, 0.4) is 0 Å². The van der Waals surface area contributed by atoms with Gasteiger partial charge in [0.25, 0.3) is 0 Å². The van der Waals surface area contributed by atoms with Gasteiger partial charge in [-0.25, -0.2) is 0 Å².